The van der Waals surface area contributed by atoms with Crippen LogP contribution in [0.15, 0.2) is 48.8 Å². The zero-order valence-electron chi connectivity index (χ0n) is 19.2. The number of rotatable bonds is 9. The average molecular weight is 469 g/mol. The van der Waals surface area contributed by atoms with Gasteiger partial charge in [0.05, 0.1) is 23.9 Å². The van der Waals surface area contributed by atoms with E-state index in [1.807, 2.05) is 0 Å². The van der Waals surface area contributed by atoms with E-state index in [1.54, 1.807) is 0 Å². The molecule has 34 heavy (non-hydrogen) atoms. The van der Waals surface area contributed by atoms with E-state index in [0.29, 0.717) is 11.1 Å². The van der Waals surface area contributed by atoms with Crippen molar-refractivity contribution >= 4 is 5.91 Å². The number of nitrogens with one attached hydrogen (secondary N) is 3. The molecule has 1 amide bonds. The van der Waals surface area contributed by atoms with Crippen molar-refractivity contribution in [3.63, 3.8) is 0 Å². The molecule has 0 radical (unpaired) electrons. The predicted octanol–water partition coefficient (Wildman–Crippen LogP) is 3.62. The Kier molecular flexibility index (Phi) is 7.70. The van der Waals surface area contributed by atoms with Crippen LogP contribution in [-0.2, 0) is 19.3 Å². The normalized spacial score (nSPS) is 17.1. The van der Waals surface area contributed by atoms with Crippen LogP contribution in [0.4, 0.5) is 8.78 Å². The van der Waals surface area contributed by atoms with Crippen LogP contribution in [0.1, 0.15) is 58.4 Å². The van der Waals surface area contributed by atoms with Crippen LogP contribution in [0.3, 0.4) is 0 Å². The first-order chi connectivity index (χ1) is 16.4. The van der Waals surface area contributed by atoms with Crippen LogP contribution in [0.5, 0.6) is 0 Å². The largest absolute Gasteiger partial charge is 0.390 e. The summed E-state index contributed by atoms with van der Waals surface area (Å²) in [4.78, 5) is 12.6. The highest BCUT2D eigenvalue weighted by atomic mass is 19.1. The van der Waals surface area contributed by atoms with E-state index < -0.39 is 29.7 Å². The molecule has 0 unspecified atom stereocenters. The smallest absolute Gasteiger partial charge is 0.254 e. The molecule has 0 saturated heterocycles. The van der Waals surface area contributed by atoms with Crippen molar-refractivity contribution in [1.82, 2.24) is 20.8 Å². The number of hydrogen-bond donors (Lipinski definition) is 4. The zero-order chi connectivity index (χ0) is 24.1. The highest BCUT2D eigenvalue weighted by Gasteiger charge is 2.26. The monoisotopic (exact) mass is 468 g/mol. The number of aromatic nitrogens is 2. The number of benzene rings is 2. The molecule has 2 aromatic carbocycles. The third-order valence-electron chi connectivity index (χ3n) is 6.43. The summed E-state index contributed by atoms with van der Waals surface area (Å²) >= 11 is 0. The molecule has 0 saturated carbocycles. The second kappa shape index (κ2) is 10.9. The lowest BCUT2D eigenvalue weighted by atomic mass is 9.86. The fourth-order valence-corrected chi connectivity index (χ4v) is 4.58. The summed E-state index contributed by atoms with van der Waals surface area (Å²) in [6.45, 7) is 2.34. The number of aryl methyl sites for hydroxylation is 2. The van der Waals surface area contributed by atoms with Crippen molar-refractivity contribution in [1.29, 1.82) is 0 Å². The minimum absolute atomic E-state index is 0.0718. The van der Waals surface area contributed by atoms with E-state index in [1.165, 1.54) is 41.2 Å². The predicted molar refractivity (Wildman–Crippen MR) is 125 cm³/mol. The lowest BCUT2D eigenvalue weighted by Crippen LogP contribution is -2.49. The topological polar surface area (TPSA) is 90.0 Å². The first-order valence-electron chi connectivity index (χ1n) is 11.7. The molecule has 3 aromatic rings. The zero-order valence-corrected chi connectivity index (χ0v) is 19.2. The van der Waals surface area contributed by atoms with Gasteiger partial charge in [0.25, 0.3) is 5.91 Å². The van der Waals surface area contributed by atoms with Gasteiger partial charge < -0.3 is 15.7 Å². The SMILES string of the molecule is CCc1ccc2c(c1)[C@@H](NC[C@H](O)[C@H](Cc1cc(F)cc(F)c1)NC(=O)c1cn[nH]c1)CCC2. The molecule has 0 fully saturated rings. The minimum Gasteiger partial charge on any atom is -0.390 e. The number of nitrogens with zero attached hydrogens (tertiary/aromatic N) is 1. The molecule has 1 aliphatic carbocycles. The number of aliphatic hydroxyl groups is 1. The minimum atomic E-state index is -0.984. The first kappa shape index (κ1) is 24.0. The second-order valence-corrected chi connectivity index (χ2v) is 8.86. The summed E-state index contributed by atoms with van der Waals surface area (Å²) in [5.74, 6) is -1.83. The summed E-state index contributed by atoms with van der Waals surface area (Å²) in [6, 6.07) is 9.13. The Hall–Kier alpha value is -3.10. The Labute approximate surface area is 197 Å². The Balaban J connectivity index is 1.49. The number of carbonyl (C=O) groups is 1. The van der Waals surface area contributed by atoms with Gasteiger partial charge in [0.1, 0.15) is 11.6 Å². The van der Waals surface area contributed by atoms with Gasteiger partial charge >= 0.3 is 0 Å². The van der Waals surface area contributed by atoms with E-state index in [2.05, 4.69) is 46.0 Å². The van der Waals surface area contributed by atoms with Crippen molar-refractivity contribution in [2.75, 3.05) is 6.54 Å². The van der Waals surface area contributed by atoms with Crippen molar-refractivity contribution in [2.24, 2.45) is 0 Å². The molecule has 1 aliphatic rings. The van der Waals surface area contributed by atoms with Gasteiger partial charge in [-0.05, 0) is 66.5 Å². The van der Waals surface area contributed by atoms with Crippen LogP contribution in [0.25, 0.3) is 0 Å². The van der Waals surface area contributed by atoms with E-state index in [-0.39, 0.29) is 19.0 Å². The Morgan fingerprint density at radius 1 is 1.21 bits per heavy atom. The maximum absolute atomic E-state index is 13.7. The fraction of sp³-hybridized carbons (Fsp3) is 0.385. The lowest BCUT2D eigenvalue weighted by molar-refractivity contribution is 0.0823. The molecule has 0 aliphatic heterocycles. The molecule has 1 heterocycles. The molecule has 4 rings (SSSR count). The van der Waals surface area contributed by atoms with Gasteiger partial charge in [-0.1, -0.05) is 25.1 Å². The number of amides is 1. The summed E-state index contributed by atoms with van der Waals surface area (Å²) in [7, 11) is 0. The second-order valence-electron chi connectivity index (χ2n) is 8.86. The average Bonchev–Trinajstić information content (AvgIpc) is 3.36. The van der Waals surface area contributed by atoms with Gasteiger partial charge in [0.2, 0.25) is 0 Å². The quantitative estimate of drug-likeness (QED) is 0.386. The van der Waals surface area contributed by atoms with Gasteiger partial charge in [-0.25, -0.2) is 8.78 Å². The van der Waals surface area contributed by atoms with Crippen LogP contribution in [0, 0.1) is 11.6 Å². The van der Waals surface area contributed by atoms with Crippen molar-refractivity contribution in [2.45, 2.75) is 57.2 Å². The third-order valence-corrected chi connectivity index (χ3v) is 6.43. The van der Waals surface area contributed by atoms with E-state index in [9.17, 15) is 18.7 Å². The highest BCUT2D eigenvalue weighted by molar-refractivity contribution is 5.93. The number of hydrogen-bond acceptors (Lipinski definition) is 4. The van der Waals surface area contributed by atoms with E-state index in [0.717, 1.165) is 31.7 Å². The van der Waals surface area contributed by atoms with Gasteiger partial charge in [-0.3, -0.25) is 9.89 Å². The number of aromatic amines is 1. The van der Waals surface area contributed by atoms with E-state index >= 15 is 0 Å². The van der Waals surface area contributed by atoms with Crippen molar-refractivity contribution in [3.05, 3.63) is 88.2 Å². The van der Waals surface area contributed by atoms with Gasteiger partial charge in [0, 0.05) is 24.8 Å². The molecule has 1 aromatic heterocycles. The van der Waals surface area contributed by atoms with Gasteiger partial charge in [0.15, 0.2) is 0 Å². The summed E-state index contributed by atoms with van der Waals surface area (Å²) in [6.07, 6.45) is 5.91. The van der Waals surface area contributed by atoms with Crippen LogP contribution >= 0.6 is 0 Å². The molecule has 0 spiro atoms. The highest BCUT2D eigenvalue weighted by Crippen LogP contribution is 2.30. The molecule has 3 atom stereocenters. The molecule has 6 nitrogen and oxygen atoms in total. The summed E-state index contributed by atoms with van der Waals surface area (Å²) in [5, 5.41) is 23.7. The number of carbonyl (C=O) groups excluding carboxylic acids is 1. The first-order valence-corrected chi connectivity index (χ1v) is 11.7. The fourth-order valence-electron chi connectivity index (χ4n) is 4.58. The molecular formula is C26H30F2N4O2. The maximum Gasteiger partial charge on any atom is 0.254 e. The number of H-pyrrole nitrogens is 1. The third kappa shape index (κ3) is 5.87. The standard InChI is InChI=1S/C26H30F2N4O2/c1-2-16-6-7-18-4-3-5-23(22(18)10-16)29-15-25(33)24(32-26(34)19-13-30-31-14-19)11-17-8-20(27)12-21(28)9-17/h6-10,12-14,23-25,29,33H,2-5,11,15H2,1H3,(H,30,31)(H,32,34)/t23-,24-,25-/m0/s1. The summed E-state index contributed by atoms with van der Waals surface area (Å²) < 4.78 is 27.5. The van der Waals surface area contributed by atoms with Crippen LogP contribution in [-0.4, -0.2) is 39.9 Å². The summed E-state index contributed by atoms with van der Waals surface area (Å²) in [5.41, 5.74) is 4.50. The maximum atomic E-state index is 13.7. The molecule has 0 bridgehead atoms. The number of fused-ring (bicyclic) bond motifs is 1. The Bertz CT molecular complexity index is 1100. The van der Waals surface area contributed by atoms with Gasteiger partial charge in [-0.15, -0.1) is 0 Å². The van der Waals surface area contributed by atoms with Crippen LogP contribution < -0.4 is 10.6 Å². The Morgan fingerprint density at radius 2 is 2.00 bits per heavy atom. The van der Waals surface area contributed by atoms with Crippen molar-refractivity contribution in [3.8, 4) is 0 Å². The molecular weight excluding hydrogens is 438 g/mol. The van der Waals surface area contributed by atoms with Crippen molar-refractivity contribution < 1.29 is 18.7 Å². The van der Waals surface area contributed by atoms with Gasteiger partial charge in [-0.2, -0.15) is 5.10 Å². The number of halogens is 2. The van der Waals surface area contributed by atoms with Crippen LogP contribution in [0.2, 0.25) is 0 Å². The Morgan fingerprint density at radius 3 is 2.71 bits per heavy atom. The molecule has 180 valence electrons. The van der Waals surface area contributed by atoms with E-state index in [4.69, 9.17) is 0 Å². The lowest BCUT2D eigenvalue weighted by Gasteiger charge is -2.30. The molecule has 8 heteroatoms. The molecule has 4 N–H and O–H groups in total. The number of aliphatic hydroxyl groups excluding tert-OH is 1.